The smallest absolute Gasteiger partial charge is 0.119 e. The lowest BCUT2D eigenvalue weighted by Gasteiger charge is -2.11. The lowest BCUT2D eigenvalue weighted by atomic mass is 10.1. The number of nitrogens with one attached hydrogen (secondary N) is 2. The number of hydrogen-bond acceptors (Lipinski definition) is 4. The molecule has 128 valence electrons. The van der Waals surface area contributed by atoms with Crippen molar-refractivity contribution in [3.05, 3.63) is 90.5 Å². The minimum Gasteiger partial charge on any atom is -0.489 e. The largest absolute Gasteiger partial charge is 0.489 e. The Morgan fingerprint density at radius 2 is 1.81 bits per heavy atom. The highest BCUT2D eigenvalue weighted by Gasteiger charge is 2.04. The number of aromatic amines is 1. The van der Waals surface area contributed by atoms with Crippen LogP contribution in [0, 0.1) is 0 Å². The molecule has 0 fully saturated rings. The predicted octanol–water partition coefficient (Wildman–Crippen LogP) is 4.62. The van der Waals surface area contributed by atoms with Gasteiger partial charge in [-0.25, -0.2) is 0 Å². The van der Waals surface area contributed by atoms with E-state index < -0.39 is 0 Å². The number of ether oxygens (including phenoxy) is 1. The normalized spacial score (nSPS) is 10.6. The van der Waals surface area contributed by atoms with Gasteiger partial charge in [-0.15, -0.1) is 5.10 Å². The van der Waals surface area contributed by atoms with E-state index in [1.165, 1.54) is 0 Å². The Hall–Kier alpha value is -3.60. The second-order valence-corrected chi connectivity index (χ2v) is 5.95. The van der Waals surface area contributed by atoms with Crippen LogP contribution < -0.4 is 10.1 Å². The van der Waals surface area contributed by atoms with E-state index in [1.54, 1.807) is 0 Å². The average molecular weight is 342 g/mol. The summed E-state index contributed by atoms with van der Waals surface area (Å²) in [5.41, 5.74) is 5.58. The summed E-state index contributed by atoms with van der Waals surface area (Å²) >= 11 is 0. The summed E-state index contributed by atoms with van der Waals surface area (Å²) in [6.45, 7) is 4.66. The molecular formula is C21H18N4O. The van der Waals surface area contributed by atoms with E-state index in [1.807, 2.05) is 72.8 Å². The number of anilines is 1. The summed E-state index contributed by atoms with van der Waals surface area (Å²) in [7, 11) is 0. The number of rotatable bonds is 6. The second kappa shape index (κ2) is 7.11. The zero-order valence-corrected chi connectivity index (χ0v) is 14.1. The van der Waals surface area contributed by atoms with Crippen LogP contribution in [-0.2, 0) is 6.61 Å². The molecule has 0 atom stereocenters. The first-order valence-corrected chi connectivity index (χ1v) is 8.32. The Kier molecular flexibility index (Phi) is 4.35. The second-order valence-electron chi connectivity index (χ2n) is 5.95. The highest BCUT2D eigenvalue weighted by atomic mass is 16.5. The predicted molar refractivity (Wildman–Crippen MR) is 104 cm³/mol. The van der Waals surface area contributed by atoms with Gasteiger partial charge in [0.25, 0.3) is 0 Å². The molecule has 0 aliphatic rings. The summed E-state index contributed by atoms with van der Waals surface area (Å²) in [5, 5.41) is 14.0. The molecule has 1 heterocycles. The fourth-order valence-electron chi connectivity index (χ4n) is 2.65. The SMILES string of the molecule is C=C(Nc1ccc(OCc2ccccc2)cc1)c1ccc2[nH]nnc2c1. The van der Waals surface area contributed by atoms with Crippen molar-refractivity contribution in [2.24, 2.45) is 0 Å². The van der Waals surface area contributed by atoms with Crippen molar-refractivity contribution < 1.29 is 4.74 Å². The molecule has 0 bridgehead atoms. The first-order valence-electron chi connectivity index (χ1n) is 8.32. The topological polar surface area (TPSA) is 62.8 Å². The van der Waals surface area contributed by atoms with Gasteiger partial charge in [0.2, 0.25) is 0 Å². The van der Waals surface area contributed by atoms with Crippen molar-refractivity contribution in [1.29, 1.82) is 0 Å². The minimum atomic E-state index is 0.554. The van der Waals surface area contributed by atoms with Crippen LogP contribution in [0.15, 0.2) is 79.4 Å². The van der Waals surface area contributed by atoms with E-state index in [0.717, 1.165) is 39.3 Å². The van der Waals surface area contributed by atoms with Crippen molar-refractivity contribution >= 4 is 22.4 Å². The maximum Gasteiger partial charge on any atom is 0.119 e. The summed E-state index contributed by atoms with van der Waals surface area (Å²) in [5.74, 6) is 0.828. The highest BCUT2D eigenvalue weighted by Crippen LogP contribution is 2.22. The third-order valence-corrected chi connectivity index (χ3v) is 4.07. The van der Waals surface area contributed by atoms with Crippen LogP contribution >= 0.6 is 0 Å². The number of benzene rings is 3. The van der Waals surface area contributed by atoms with Crippen molar-refractivity contribution in [3.63, 3.8) is 0 Å². The van der Waals surface area contributed by atoms with Gasteiger partial charge in [0.15, 0.2) is 0 Å². The van der Waals surface area contributed by atoms with Gasteiger partial charge in [-0.3, -0.25) is 5.10 Å². The molecule has 5 heteroatoms. The fraction of sp³-hybridized carbons (Fsp3) is 0.0476. The third kappa shape index (κ3) is 3.57. The van der Waals surface area contributed by atoms with Crippen molar-refractivity contribution in [3.8, 4) is 5.75 Å². The molecule has 3 aromatic carbocycles. The first-order chi connectivity index (χ1) is 12.8. The molecule has 0 unspecified atom stereocenters. The van der Waals surface area contributed by atoms with Crippen LogP contribution in [0.25, 0.3) is 16.7 Å². The summed E-state index contributed by atoms with van der Waals surface area (Å²) in [6.07, 6.45) is 0. The lowest BCUT2D eigenvalue weighted by molar-refractivity contribution is 0.306. The molecule has 0 aliphatic carbocycles. The standard InChI is InChI=1S/C21H18N4O/c1-15(17-7-12-20-21(13-17)24-25-23-20)22-18-8-10-19(11-9-18)26-14-16-5-3-2-4-6-16/h2-13,22H,1,14H2,(H,23,24,25). The molecule has 0 aliphatic heterocycles. The quantitative estimate of drug-likeness (QED) is 0.537. The maximum atomic E-state index is 5.81. The van der Waals surface area contributed by atoms with E-state index in [4.69, 9.17) is 4.74 Å². The van der Waals surface area contributed by atoms with Crippen LogP contribution in [0.5, 0.6) is 5.75 Å². The maximum absolute atomic E-state index is 5.81. The molecule has 0 radical (unpaired) electrons. The zero-order chi connectivity index (χ0) is 17.8. The molecule has 5 nitrogen and oxygen atoms in total. The van der Waals surface area contributed by atoms with Crippen molar-refractivity contribution in [2.75, 3.05) is 5.32 Å². The lowest BCUT2D eigenvalue weighted by Crippen LogP contribution is -1.98. The van der Waals surface area contributed by atoms with E-state index in [9.17, 15) is 0 Å². The van der Waals surface area contributed by atoms with Crippen molar-refractivity contribution in [1.82, 2.24) is 15.4 Å². The number of hydrogen-bond donors (Lipinski definition) is 2. The molecule has 1 aromatic heterocycles. The summed E-state index contributed by atoms with van der Waals surface area (Å²) in [4.78, 5) is 0. The fourth-order valence-corrected chi connectivity index (χ4v) is 2.65. The molecular weight excluding hydrogens is 324 g/mol. The Labute approximate surface area is 151 Å². The van der Waals surface area contributed by atoms with E-state index in [-0.39, 0.29) is 0 Å². The van der Waals surface area contributed by atoms with Gasteiger partial charge in [-0.2, -0.15) is 0 Å². The van der Waals surface area contributed by atoms with Gasteiger partial charge in [-0.1, -0.05) is 48.2 Å². The van der Waals surface area contributed by atoms with Gasteiger partial charge in [0.05, 0.1) is 5.52 Å². The Bertz CT molecular complexity index is 1020. The zero-order valence-electron chi connectivity index (χ0n) is 14.1. The summed E-state index contributed by atoms with van der Waals surface area (Å²) < 4.78 is 5.81. The van der Waals surface area contributed by atoms with Gasteiger partial charge in [0, 0.05) is 11.4 Å². The summed E-state index contributed by atoms with van der Waals surface area (Å²) in [6, 6.07) is 23.8. The number of fused-ring (bicyclic) bond motifs is 1. The molecule has 0 amide bonds. The molecule has 0 saturated heterocycles. The Balaban J connectivity index is 1.39. The molecule has 4 rings (SSSR count). The van der Waals surface area contributed by atoms with E-state index >= 15 is 0 Å². The van der Waals surface area contributed by atoms with Gasteiger partial charge < -0.3 is 10.1 Å². The number of H-pyrrole nitrogens is 1. The number of aromatic nitrogens is 3. The van der Waals surface area contributed by atoms with E-state index in [2.05, 4.69) is 27.3 Å². The van der Waals surface area contributed by atoms with Crippen LogP contribution in [0.3, 0.4) is 0 Å². The highest BCUT2D eigenvalue weighted by molar-refractivity contribution is 5.82. The van der Waals surface area contributed by atoms with Crippen LogP contribution in [0.4, 0.5) is 5.69 Å². The first kappa shape index (κ1) is 15.9. The monoisotopic (exact) mass is 342 g/mol. The third-order valence-electron chi connectivity index (χ3n) is 4.07. The molecule has 0 spiro atoms. The van der Waals surface area contributed by atoms with Gasteiger partial charge >= 0.3 is 0 Å². The van der Waals surface area contributed by atoms with Gasteiger partial charge in [-0.05, 0) is 47.5 Å². The van der Waals surface area contributed by atoms with Crippen LogP contribution in [0.2, 0.25) is 0 Å². The number of nitrogens with zero attached hydrogens (tertiary/aromatic N) is 2. The van der Waals surface area contributed by atoms with Crippen LogP contribution in [-0.4, -0.2) is 15.4 Å². The van der Waals surface area contributed by atoms with Gasteiger partial charge in [0.1, 0.15) is 17.9 Å². The average Bonchev–Trinajstić information content (AvgIpc) is 3.16. The molecule has 4 aromatic rings. The van der Waals surface area contributed by atoms with Crippen LogP contribution in [0.1, 0.15) is 11.1 Å². The molecule has 0 saturated carbocycles. The molecule has 26 heavy (non-hydrogen) atoms. The minimum absolute atomic E-state index is 0.554. The Morgan fingerprint density at radius 3 is 2.62 bits per heavy atom. The van der Waals surface area contributed by atoms with E-state index in [0.29, 0.717) is 6.61 Å². The van der Waals surface area contributed by atoms with Crippen molar-refractivity contribution in [2.45, 2.75) is 6.61 Å². The Morgan fingerprint density at radius 1 is 1.00 bits per heavy atom. The molecule has 2 N–H and O–H groups in total.